The average molecular weight is 408 g/mol. The van der Waals surface area contributed by atoms with Crippen molar-refractivity contribution in [2.75, 3.05) is 13.7 Å². The number of carbonyl (C=O) groups is 1. The van der Waals surface area contributed by atoms with E-state index in [-0.39, 0.29) is 11.9 Å². The number of carbonyl (C=O) groups excluding carboxylic acids is 1. The number of nitriles is 1. The molecule has 2 heterocycles. The number of ketones is 1. The number of likely N-dealkylation sites (tertiary alicyclic amines) is 1. The molecule has 30 heavy (non-hydrogen) atoms. The topological polar surface area (TPSA) is 58.3 Å². The molecule has 1 unspecified atom stereocenters. The quantitative estimate of drug-likeness (QED) is 0.618. The van der Waals surface area contributed by atoms with Crippen molar-refractivity contribution in [2.45, 2.75) is 71.6 Å². The molecule has 0 aliphatic carbocycles. The predicted octanol–water partition coefficient (Wildman–Crippen LogP) is 4.82. The molecule has 5 nitrogen and oxygen atoms in total. The first-order chi connectivity index (χ1) is 14.4. The fraction of sp³-hybridized carbons (Fsp3) is 0.520. The zero-order chi connectivity index (χ0) is 21.8. The molecular formula is C25H33N3O2. The third kappa shape index (κ3) is 4.50. The second-order valence-corrected chi connectivity index (χ2v) is 8.50. The summed E-state index contributed by atoms with van der Waals surface area (Å²) in [7, 11) is 1.79. The van der Waals surface area contributed by atoms with Crippen LogP contribution in [-0.2, 0) is 4.74 Å². The standard InChI is InChI=1S/C25H33N3O2/c1-6-7-22-14-23(30-5)12-17(2)27(22)16-25(29)24-13-18(3)28(19(24)4)21-10-8-20(15-26)9-11-21/h8-11,13,17,22-23H,6-7,12,14,16H2,1-5H3/t17?,22-,23-/m1/s1. The lowest BCUT2D eigenvalue weighted by molar-refractivity contribution is -0.0167. The van der Waals surface area contributed by atoms with Crippen molar-refractivity contribution >= 4 is 5.78 Å². The minimum Gasteiger partial charge on any atom is -0.381 e. The number of methoxy groups -OCH3 is 1. The van der Waals surface area contributed by atoms with Crippen LogP contribution in [0.25, 0.3) is 5.69 Å². The van der Waals surface area contributed by atoms with Crippen LogP contribution in [0.4, 0.5) is 0 Å². The molecule has 0 radical (unpaired) electrons. The number of benzene rings is 1. The minimum absolute atomic E-state index is 0.173. The van der Waals surface area contributed by atoms with E-state index in [0.717, 1.165) is 48.3 Å². The van der Waals surface area contributed by atoms with Gasteiger partial charge in [-0.2, -0.15) is 5.26 Å². The molecule has 0 spiro atoms. The number of piperidine rings is 1. The summed E-state index contributed by atoms with van der Waals surface area (Å²) in [4.78, 5) is 15.7. The van der Waals surface area contributed by atoms with Gasteiger partial charge in [0.15, 0.2) is 5.78 Å². The second-order valence-electron chi connectivity index (χ2n) is 8.50. The minimum atomic E-state index is 0.173. The van der Waals surface area contributed by atoms with Gasteiger partial charge in [0.2, 0.25) is 0 Å². The maximum absolute atomic E-state index is 13.3. The molecule has 1 aliphatic heterocycles. The molecule has 1 fully saturated rings. The van der Waals surface area contributed by atoms with Crippen LogP contribution in [0.1, 0.15) is 66.8 Å². The summed E-state index contributed by atoms with van der Waals surface area (Å²) in [6.45, 7) is 8.88. The Balaban J connectivity index is 1.84. The van der Waals surface area contributed by atoms with E-state index >= 15 is 0 Å². The lowest BCUT2D eigenvalue weighted by atomic mass is 9.90. The summed E-state index contributed by atoms with van der Waals surface area (Å²) >= 11 is 0. The molecule has 3 rings (SSSR count). The Morgan fingerprint density at radius 1 is 1.23 bits per heavy atom. The van der Waals surface area contributed by atoms with Crippen LogP contribution in [0.15, 0.2) is 30.3 Å². The van der Waals surface area contributed by atoms with E-state index in [9.17, 15) is 4.79 Å². The van der Waals surface area contributed by atoms with Gasteiger partial charge in [-0.25, -0.2) is 0 Å². The summed E-state index contributed by atoms with van der Waals surface area (Å²) in [5.74, 6) is 0.173. The van der Waals surface area contributed by atoms with Crippen LogP contribution < -0.4 is 0 Å². The van der Waals surface area contributed by atoms with Crippen molar-refractivity contribution in [3.05, 3.63) is 52.8 Å². The zero-order valence-electron chi connectivity index (χ0n) is 18.8. The fourth-order valence-electron chi connectivity index (χ4n) is 4.88. The van der Waals surface area contributed by atoms with Crippen LogP contribution in [0.3, 0.4) is 0 Å². The van der Waals surface area contributed by atoms with Crippen molar-refractivity contribution in [2.24, 2.45) is 0 Å². The average Bonchev–Trinajstić information content (AvgIpc) is 3.04. The smallest absolute Gasteiger partial charge is 0.178 e. The lowest BCUT2D eigenvalue weighted by Gasteiger charge is -2.43. The van der Waals surface area contributed by atoms with Gasteiger partial charge in [-0.05, 0) is 70.4 Å². The molecule has 1 aromatic heterocycles. The van der Waals surface area contributed by atoms with E-state index in [0.29, 0.717) is 24.2 Å². The van der Waals surface area contributed by atoms with Crippen molar-refractivity contribution in [1.29, 1.82) is 5.26 Å². The first kappa shape index (κ1) is 22.3. The van der Waals surface area contributed by atoms with E-state index < -0.39 is 0 Å². The normalized spacial score (nSPS) is 22.1. The first-order valence-electron chi connectivity index (χ1n) is 10.9. The Bertz CT molecular complexity index is 923. The van der Waals surface area contributed by atoms with Crippen LogP contribution in [0.2, 0.25) is 0 Å². The number of ether oxygens (including phenoxy) is 1. The third-order valence-corrected chi connectivity index (χ3v) is 6.44. The van der Waals surface area contributed by atoms with Crippen molar-refractivity contribution in [3.8, 4) is 11.8 Å². The van der Waals surface area contributed by atoms with Crippen LogP contribution >= 0.6 is 0 Å². The molecular weight excluding hydrogens is 374 g/mol. The molecule has 1 aliphatic rings. The fourth-order valence-corrected chi connectivity index (χ4v) is 4.88. The number of hydrogen-bond acceptors (Lipinski definition) is 4. The van der Waals surface area contributed by atoms with Gasteiger partial charge in [0.25, 0.3) is 0 Å². The Morgan fingerprint density at radius 2 is 1.93 bits per heavy atom. The van der Waals surface area contributed by atoms with E-state index in [1.54, 1.807) is 7.11 Å². The molecule has 5 heteroatoms. The van der Waals surface area contributed by atoms with E-state index in [4.69, 9.17) is 10.00 Å². The van der Waals surface area contributed by atoms with Gasteiger partial charge in [-0.15, -0.1) is 0 Å². The van der Waals surface area contributed by atoms with Gasteiger partial charge in [0, 0.05) is 41.8 Å². The molecule has 2 aromatic rings. The molecule has 160 valence electrons. The summed E-state index contributed by atoms with van der Waals surface area (Å²) < 4.78 is 7.74. The number of hydrogen-bond donors (Lipinski definition) is 0. The Hall–Kier alpha value is -2.42. The van der Waals surface area contributed by atoms with Gasteiger partial charge in [-0.3, -0.25) is 9.69 Å². The van der Waals surface area contributed by atoms with Crippen LogP contribution in [0.5, 0.6) is 0 Å². The lowest BCUT2D eigenvalue weighted by Crippen LogP contribution is -2.51. The summed E-state index contributed by atoms with van der Waals surface area (Å²) in [6, 6.07) is 12.3. The first-order valence-corrected chi connectivity index (χ1v) is 10.9. The Morgan fingerprint density at radius 3 is 2.53 bits per heavy atom. The van der Waals surface area contributed by atoms with Crippen molar-refractivity contribution in [1.82, 2.24) is 9.47 Å². The van der Waals surface area contributed by atoms with Gasteiger partial charge in [0.1, 0.15) is 0 Å². The Labute approximate surface area is 180 Å². The highest BCUT2D eigenvalue weighted by atomic mass is 16.5. The van der Waals surface area contributed by atoms with Gasteiger partial charge >= 0.3 is 0 Å². The Kier molecular flexibility index (Phi) is 7.12. The molecule has 0 bridgehead atoms. The number of aromatic nitrogens is 1. The zero-order valence-corrected chi connectivity index (χ0v) is 18.8. The molecule has 0 N–H and O–H groups in total. The van der Waals surface area contributed by atoms with E-state index in [1.165, 1.54) is 0 Å². The van der Waals surface area contributed by atoms with Crippen LogP contribution in [-0.4, -0.2) is 47.1 Å². The highest BCUT2D eigenvalue weighted by Crippen LogP contribution is 2.29. The van der Waals surface area contributed by atoms with Gasteiger partial charge in [-0.1, -0.05) is 13.3 Å². The maximum Gasteiger partial charge on any atom is 0.178 e. The molecule has 0 amide bonds. The number of rotatable bonds is 7. The molecule has 3 atom stereocenters. The van der Waals surface area contributed by atoms with Crippen LogP contribution in [0, 0.1) is 25.2 Å². The largest absolute Gasteiger partial charge is 0.381 e. The van der Waals surface area contributed by atoms with E-state index in [1.807, 2.05) is 44.2 Å². The molecule has 1 saturated heterocycles. The highest BCUT2D eigenvalue weighted by Gasteiger charge is 2.34. The summed E-state index contributed by atoms with van der Waals surface area (Å²) in [6.07, 6.45) is 4.43. The predicted molar refractivity (Wildman–Crippen MR) is 119 cm³/mol. The monoisotopic (exact) mass is 407 g/mol. The van der Waals surface area contributed by atoms with E-state index in [2.05, 4.69) is 29.4 Å². The SMILES string of the molecule is CCC[C@@H]1C[C@H](OC)CC(C)N1CC(=O)c1cc(C)n(-c2ccc(C#N)cc2)c1C. The maximum atomic E-state index is 13.3. The van der Waals surface area contributed by atoms with Gasteiger partial charge in [0.05, 0.1) is 24.3 Å². The number of aryl methyl sites for hydroxylation is 1. The number of nitrogens with zero attached hydrogens (tertiary/aromatic N) is 3. The van der Waals surface area contributed by atoms with Crippen molar-refractivity contribution in [3.63, 3.8) is 0 Å². The van der Waals surface area contributed by atoms with Gasteiger partial charge < -0.3 is 9.30 Å². The third-order valence-electron chi connectivity index (χ3n) is 6.44. The summed E-state index contributed by atoms with van der Waals surface area (Å²) in [5, 5.41) is 9.04. The highest BCUT2D eigenvalue weighted by molar-refractivity contribution is 5.99. The molecule has 0 saturated carbocycles. The van der Waals surface area contributed by atoms with Crippen molar-refractivity contribution < 1.29 is 9.53 Å². The summed E-state index contributed by atoms with van der Waals surface area (Å²) in [5.41, 5.74) is 4.37. The molecule has 1 aromatic carbocycles. The number of Topliss-reactive ketones (excluding diaryl/α,β-unsaturated/α-hetero) is 1. The second kappa shape index (κ2) is 9.59.